The number of hydrogen-bond acceptors (Lipinski definition) is 4. The largest absolute Gasteiger partial charge is 0.494 e. The minimum Gasteiger partial charge on any atom is -0.494 e. The van der Waals surface area contributed by atoms with Gasteiger partial charge in [-0.05, 0) is 98.0 Å². The summed E-state index contributed by atoms with van der Waals surface area (Å²) in [7, 11) is 0. The van der Waals surface area contributed by atoms with Crippen molar-refractivity contribution >= 4 is 0 Å². The summed E-state index contributed by atoms with van der Waals surface area (Å²) >= 11 is 0. The lowest BCUT2D eigenvalue weighted by atomic mass is 9.74. The lowest BCUT2D eigenvalue weighted by Gasteiger charge is -2.31. The summed E-state index contributed by atoms with van der Waals surface area (Å²) in [4.78, 5) is 0. The summed E-state index contributed by atoms with van der Waals surface area (Å²) in [6.07, 6.45) is 15.7. The first-order chi connectivity index (χ1) is 25.0. The lowest BCUT2D eigenvalue weighted by Crippen LogP contribution is -2.19. The maximum atomic E-state index is 11.5. The Bertz CT molecular complexity index is 1850. The molecule has 0 atom stereocenters. The maximum absolute atomic E-state index is 11.5. The normalized spacial score (nSPS) is 15.9. The van der Waals surface area contributed by atoms with Crippen molar-refractivity contribution in [2.75, 3.05) is 0 Å². The summed E-state index contributed by atoms with van der Waals surface area (Å²) in [5.41, 5.74) is 10.7. The first kappa shape index (κ1) is 41.1. The number of aromatic nitrogens is 2. The van der Waals surface area contributed by atoms with Gasteiger partial charge in [0.25, 0.3) is 0 Å². The van der Waals surface area contributed by atoms with E-state index in [2.05, 4.69) is 107 Å². The Morgan fingerprint density at radius 1 is 0.574 bits per heavy atom. The van der Waals surface area contributed by atoms with Crippen molar-refractivity contribution in [3.8, 4) is 23.5 Å². The highest BCUT2D eigenvalue weighted by Crippen LogP contribution is 2.46. The van der Waals surface area contributed by atoms with E-state index in [9.17, 15) is 20.4 Å². The second-order valence-corrected chi connectivity index (χ2v) is 19.5. The molecule has 2 aliphatic rings. The van der Waals surface area contributed by atoms with Gasteiger partial charge in [-0.2, -0.15) is 0 Å². The Kier molecular flexibility index (Phi) is 11.6. The second kappa shape index (κ2) is 15.2. The molecule has 0 unspecified atom stereocenters. The minimum atomic E-state index is -0.0316. The van der Waals surface area contributed by atoms with E-state index >= 15 is 0 Å². The van der Waals surface area contributed by atoms with Gasteiger partial charge in [0.15, 0.2) is 23.5 Å². The van der Waals surface area contributed by atoms with Crippen LogP contribution in [0.4, 0.5) is 0 Å². The van der Waals surface area contributed by atoms with Crippen molar-refractivity contribution in [3.63, 3.8) is 0 Å². The van der Waals surface area contributed by atoms with Gasteiger partial charge in [-0.15, -0.1) is 0 Å². The molecule has 2 aliphatic carbocycles. The van der Waals surface area contributed by atoms with E-state index in [0.29, 0.717) is 38.8 Å². The molecular weight excluding hydrogens is 669 g/mol. The van der Waals surface area contributed by atoms with Crippen LogP contribution >= 0.6 is 0 Å². The van der Waals surface area contributed by atoms with Gasteiger partial charge in [0, 0.05) is 22.3 Å². The van der Waals surface area contributed by atoms with Crippen LogP contribution in [0.25, 0.3) is 0 Å². The lowest BCUT2D eigenvalue weighted by molar-refractivity contribution is 0.373. The van der Waals surface area contributed by atoms with Gasteiger partial charge in [-0.3, -0.25) is 9.13 Å². The summed E-state index contributed by atoms with van der Waals surface area (Å²) in [6, 6.07) is 7.95. The molecule has 54 heavy (non-hydrogen) atoms. The van der Waals surface area contributed by atoms with Crippen LogP contribution in [0.5, 0.6) is 23.5 Å². The summed E-state index contributed by atoms with van der Waals surface area (Å²) < 4.78 is 3.23. The molecule has 6 nitrogen and oxygen atoms in total. The molecule has 0 spiro atoms. The Balaban J connectivity index is 1.27. The van der Waals surface area contributed by atoms with E-state index < -0.39 is 0 Å². The number of allylic oxidation sites excluding steroid dienone is 8. The summed E-state index contributed by atoms with van der Waals surface area (Å²) in [5, 5.41) is 45.6. The Morgan fingerprint density at radius 2 is 0.926 bits per heavy atom. The molecule has 0 bridgehead atoms. The van der Waals surface area contributed by atoms with Gasteiger partial charge in [-0.1, -0.05) is 140 Å². The van der Waals surface area contributed by atoms with Crippen molar-refractivity contribution in [1.82, 2.24) is 9.13 Å². The minimum absolute atomic E-state index is 0.0316. The smallest absolute Gasteiger partial charge is 0.198 e. The number of nitrogens with zero attached hydrogens (tertiary/aromatic N) is 2. The van der Waals surface area contributed by atoms with Crippen LogP contribution in [0, 0.1) is 21.7 Å². The second-order valence-electron chi connectivity index (χ2n) is 19.5. The standard InChI is InChI=1S/C48H68N2O4/c1-31(45(3,4)5)16-14-24-47(9,10)35-20-22-37-39(27-35)43(53)49(41(37)51)29-33-18-13-19-34(26-33)30-50-42(52)38-23-21-36(28-40(38)44(50)54)48(11,12)25-15-17-32(2)46(6,7)8/h13,16-21,26,51-54H,14-15,22-25,27-30H2,1-12H3. The van der Waals surface area contributed by atoms with Gasteiger partial charge in [-0.25, -0.2) is 0 Å². The monoisotopic (exact) mass is 737 g/mol. The van der Waals surface area contributed by atoms with E-state index in [1.165, 1.54) is 22.3 Å². The molecule has 6 heteroatoms. The number of aromatic hydroxyl groups is 4. The fourth-order valence-corrected chi connectivity index (χ4v) is 7.92. The van der Waals surface area contributed by atoms with Gasteiger partial charge in [0.1, 0.15) is 0 Å². The van der Waals surface area contributed by atoms with Crippen LogP contribution in [0.2, 0.25) is 0 Å². The molecule has 0 saturated carbocycles. The van der Waals surface area contributed by atoms with Crippen molar-refractivity contribution in [2.24, 2.45) is 21.7 Å². The molecule has 0 fully saturated rings. The highest BCUT2D eigenvalue weighted by molar-refractivity contribution is 5.53. The first-order valence-electron chi connectivity index (χ1n) is 20.1. The Morgan fingerprint density at radius 3 is 1.28 bits per heavy atom. The van der Waals surface area contributed by atoms with Crippen molar-refractivity contribution in [2.45, 2.75) is 148 Å². The van der Waals surface area contributed by atoms with E-state index in [1.807, 2.05) is 24.3 Å². The topological polar surface area (TPSA) is 90.8 Å². The molecule has 2 heterocycles. The van der Waals surface area contributed by atoms with Crippen LogP contribution in [-0.4, -0.2) is 29.6 Å². The third-order valence-electron chi connectivity index (χ3n) is 12.9. The number of rotatable bonds is 12. The zero-order valence-corrected chi connectivity index (χ0v) is 35.4. The third-order valence-corrected chi connectivity index (χ3v) is 12.9. The van der Waals surface area contributed by atoms with Gasteiger partial charge < -0.3 is 20.4 Å². The Hall–Kier alpha value is -4.06. The highest BCUT2D eigenvalue weighted by atomic mass is 16.3. The van der Waals surface area contributed by atoms with Gasteiger partial charge >= 0.3 is 0 Å². The van der Waals surface area contributed by atoms with Crippen molar-refractivity contribution < 1.29 is 20.4 Å². The van der Waals surface area contributed by atoms with Crippen LogP contribution in [0.3, 0.4) is 0 Å². The fourth-order valence-electron chi connectivity index (χ4n) is 7.92. The molecule has 4 N–H and O–H groups in total. The fraction of sp³-hybridized carbons (Fsp3) is 0.542. The van der Waals surface area contributed by atoms with E-state index in [0.717, 1.165) is 59.1 Å². The van der Waals surface area contributed by atoms with Crippen molar-refractivity contribution in [3.05, 3.63) is 104 Å². The molecular formula is C48H68N2O4. The number of fused-ring (bicyclic) bond motifs is 2. The number of hydrogen-bond donors (Lipinski definition) is 4. The zero-order valence-electron chi connectivity index (χ0n) is 35.4. The predicted octanol–water partition coefficient (Wildman–Crippen LogP) is 11.9. The molecule has 3 aromatic rings. The highest BCUT2D eigenvalue weighted by Gasteiger charge is 2.33. The quantitative estimate of drug-likeness (QED) is 0.139. The molecule has 0 radical (unpaired) electrons. The SMILES string of the molecule is CC(=CCCC(C)(C)C1=CCc2c(c(O)n(Cc3cccc(Cn4c(O)c5c(c4O)CC(C(C)(C)CCC=C(C)C(C)(C)C)=CC5)c3)c2O)C1)C(C)(C)C. The van der Waals surface area contributed by atoms with E-state index in [1.54, 1.807) is 9.13 Å². The van der Waals surface area contributed by atoms with E-state index in [4.69, 9.17) is 0 Å². The van der Waals surface area contributed by atoms with Crippen molar-refractivity contribution in [1.29, 1.82) is 0 Å². The van der Waals surface area contributed by atoms with Gasteiger partial charge in [0.2, 0.25) is 0 Å². The summed E-state index contributed by atoms with van der Waals surface area (Å²) in [6.45, 7) is 27.7. The van der Waals surface area contributed by atoms with Crippen LogP contribution < -0.4 is 0 Å². The molecule has 2 aromatic heterocycles. The molecule has 0 amide bonds. The average Bonchev–Trinajstić information content (AvgIpc) is 3.46. The number of benzene rings is 1. The van der Waals surface area contributed by atoms with Crippen LogP contribution in [0.1, 0.15) is 142 Å². The van der Waals surface area contributed by atoms with Crippen LogP contribution in [0.15, 0.2) is 70.9 Å². The third kappa shape index (κ3) is 8.74. The maximum Gasteiger partial charge on any atom is 0.198 e. The predicted molar refractivity (Wildman–Crippen MR) is 224 cm³/mol. The first-order valence-corrected chi connectivity index (χ1v) is 20.1. The molecule has 5 rings (SSSR count). The Labute approximate surface area is 325 Å². The van der Waals surface area contributed by atoms with Gasteiger partial charge in [0.05, 0.1) is 13.1 Å². The summed E-state index contributed by atoms with van der Waals surface area (Å²) in [5.74, 6) is 0.477. The molecule has 0 saturated heterocycles. The van der Waals surface area contributed by atoms with E-state index in [-0.39, 0.29) is 45.2 Å². The molecule has 294 valence electrons. The van der Waals surface area contributed by atoms with Crippen LogP contribution in [-0.2, 0) is 38.8 Å². The average molecular weight is 737 g/mol. The zero-order chi connectivity index (χ0) is 40.0. The molecule has 1 aromatic carbocycles. The molecule has 0 aliphatic heterocycles.